The molecule has 1 fully saturated rings. The van der Waals surface area contributed by atoms with Gasteiger partial charge in [-0.05, 0) is 56.8 Å². The van der Waals surface area contributed by atoms with Crippen LogP contribution in [0.3, 0.4) is 0 Å². The molecule has 1 aromatic carbocycles. The van der Waals surface area contributed by atoms with Crippen LogP contribution in [0.5, 0.6) is 0 Å². The van der Waals surface area contributed by atoms with E-state index in [9.17, 15) is 12.8 Å². The van der Waals surface area contributed by atoms with E-state index >= 15 is 0 Å². The van der Waals surface area contributed by atoms with Crippen molar-refractivity contribution in [2.75, 3.05) is 6.54 Å². The van der Waals surface area contributed by atoms with Gasteiger partial charge in [-0.3, -0.25) is 0 Å². The van der Waals surface area contributed by atoms with E-state index in [0.29, 0.717) is 18.0 Å². The van der Waals surface area contributed by atoms with Crippen LogP contribution in [0, 0.1) is 18.7 Å². The molecule has 0 aliphatic heterocycles. The van der Waals surface area contributed by atoms with E-state index in [1.165, 1.54) is 13.0 Å². The Kier molecular flexibility index (Phi) is 5.01. The summed E-state index contributed by atoms with van der Waals surface area (Å²) in [7, 11) is -3.68. The zero-order chi connectivity index (χ0) is 15.6. The second-order valence-corrected chi connectivity index (χ2v) is 7.41. The largest absolute Gasteiger partial charge is 0.313 e. The highest BCUT2D eigenvalue weighted by Crippen LogP contribution is 2.33. The van der Waals surface area contributed by atoms with Crippen molar-refractivity contribution in [3.8, 4) is 0 Å². The number of benzene rings is 1. The molecule has 0 spiro atoms. The average molecular weight is 314 g/mol. The maximum absolute atomic E-state index is 14.0. The molecule has 2 N–H and O–H groups in total. The third-order valence-corrected chi connectivity index (χ3v) is 5.58. The second kappa shape index (κ2) is 6.42. The van der Waals surface area contributed by atoms with Crippen molar-refractivity contribution < 1.29 is 12.8 Å². The second-order valence-electron chi connectivity index (χ2n) is 5.73. The summed E-state index contributed by atoms with van der Waals surface area (Å²) in [6.07, 6.45) is 2.11. The monoisotopic (exact) mass is 314 g/mol. The molecule has 0 bridgehead atoms. The first-order valence-electron chi connectivity index (χ1n) is 7.37. The van der Waals surface area contributed by atoms with Gasteiger partial charge < -0.3 is 5.32 Å². The standard InChI is InChI=1S/C15H23FN2O2S/c1-4-17-9-12-7-14(16)10(2)15(8-12)21(19,20)18-11(3)13-5-6-13/h7-8,11,13,17-18H,4-6,9H2,1-3H3. The van der Waals surface area contributed by atoms with Gasteiger partial charge >= 0.3 is 0 Å². The third-order valence-electron chi connectivity index (χ3n) is 3.90. The van der Waals surface area contributed by atoms with E-state index in [1.54, 1.807) is 6.07 Å². The molecular weight excluding hydrogens is 291 g/mol. The zero-order valence-electron chi connectivity index (χ0n) is 12.7. The Bertz CT molecular complexity index is 612. The predicted octanol–water partition coefficient (Wildman–Crippen LogP) is 2.32. The highest BCUT2D eigenvalue weighted by atomic mass is 32.2. The van der Waals surface area contributed by atoms with E-state index in [0.717, 1.165) is 19.4 Å². The van der Waals surface area contributed by atoms with Crippen LogP contribution < -0.4 is 10.0 Å². The van der Waals surface area contributed by atoms with Crippen LogP contribution in [-0.4, -0.2) is 21.0 Å². The maximum Gasteiger partial charge on any atom is 0.241 e. The Hall–Kier alpha value is -0.980. The van der Waals surface area contributed by atoms with Crippen LogP contribution in [0.15, 0.2) is 17.0 Å². The van der Waals surface area contributed by atoms with Crippen LogP contribution >= 0.6 is 0 Å². The van der Waals surface area contributed by atoms with Crippen molar-refractivity contribution in [2.45, 2.75) is 51.1 Å². The number of rotatable bonds is 7. The van der Waals surface area contributed by atoms with Crippen LogP contribution in [0.1, 0.15) is 37.8 Å². The van der Waals surface area contributed by atoms with Crippen LogP contribution in [0.25, 0.3) is 0 Å². The first kappa shape index (κ1) is 16.4. The molecule has 1 aromatic rings. The first-order valence-corrected chi connectivity index (χ1v) is 8.85. The van der Waals surface area contributed by atoms with Gasteiger partial charge in [0.2, 0.25) is 10.0 Å². The molecule has 0 amide bonds. The number of halogens is 1. The van der Waals surface area contributed by atoms with Gasteiger partial charge in [-0.25, -0.2) is 17.5 Å². The minimum absolute atomic E-state index is 0.0444. The fourth-order valence-electron chi connectivity index (χ4n) is 2.36. The minimum Gasteiger partial charge on any atom is -0.313 e. The molecule has 1 saturated carbocycles. The highest BCUT2D eigenvalue weighted by molar-refractivity contribution is 7.89. The van der Waals surface area contributed by atoms with Crippen molar-refractivity contribution in [3.05, 3.63) is 29.1 Å². The van der Waals surface area contributed by atoms with Gasteiger partial charge in [-0.2, -0.15) is 0 Å². The van der Waals surface area contributed by atoms with Crippen molar-refractivity contribution in [3.63, 3.8) is 0 Å². The molecule has 6 heteroatoms. The topological polar surface area (TPSA) is 58.2 Å². The number of sulfonamides is 1. The summed E-state index contributed by atoms with van der Waals surface area (Å²) < 4.78 is 41.6. The van der Waals surface area contributed by atoms with Crippen molar-refractivity contribution in [2.24, 2.45) is 5.92 Å². The lowest BCUT2D eigenvalue weighted by molar-refractivity contribution is 0.535. The summed E-state index contributed by atoms with van der Waals surface area (Å²) in [6, 6.07) is 2.85. The number of hydrogen-bond donors (Lipinski definition) is 2. The molecule has 1 atom stereocenters. The quantitative estimate of drug-likeness (QED) is 0.812. The lowest BCUT2D eigenvalue weighted by atomic mass is 10.1. The van der Waals surface area contributed by atoms with Crippen LogP contribution in [0.4, 0.5) is 4.39 Å². The molecule has 118 valence electrons. The summed E-state index contributed by atoms with van der Waals surface area (Å²) in [5, 5.41) is 3.08. The molecule has 21 heavy (non-hydrogen) atoms. The molecule has 2 rings (SSSR count). The van der Waals surface area contributed by atoms with Crippen molar-refractivity contribution >= 4 is 10.0 Å². The number of hydrogen-bond acceptors (Lipinski definition) is 3. The Labute approximate surface area is 126 Å². The summed E-state index contributed by atoms with van der Waals surface area (Å²) in [6.45, 7) is 6.51. The van der Waals surface area contributed by atoms with Gasteiger partial charge in [-0.15, -0.1) is 0 Å². The van der Waals surface area contributed by atoms with Gasteiger partial charge in [0.05, 0.1) is 4.90 Å². The molecule has 0 radical (unpaired) electrons. The van der Waals surface area contributed by atoms with Gasteiger partial charge in [0.25, 0.3) is 0 Å². The fraction of sp³-hybridized carbons (Fsp3) is 0.600. The Morgan fingerprint density at radius 1 is 1.38 bits per heavy atom. The molecule has 0 aromatic heterocycles. The van der Waals surface area contributed by atoms with E-state index in [-0.39, 0.29) is 16.5 Å². The number of nitrogens with one attached hydrogen (secondary N) is 2. The minimum atomic E-state index is -3.68. The van der Waals surface area contributed by atoms with Gasteiger partial charge in [0, 0.05) is 18.2 Å². The molecule has 1 aliphatic carbocycles. The average Bonchev–Trinajstić information content (AvgIpc) is 3.23. The van der Waals surface area contributed by atoms with Gasteiger partial charge in [-0.1, -0.05) is 6.92 Å². The summed E-state index contributed by atoms with van der Waals surface area (Å²) in [5.41, 5.74) is 0.810. The maximum atomic E-state index is 14.0. The Morgan fingerprint density at radius 2 is 2.05 bits per heavy atom. The molecule has 1 aliphatic rings. The normalized spacial score (nSPS) is 17.0. The molecule has 4 nitrogen and oxygen atoms in total. The Morgan fingerprint density at radius 3 is 2.62 bits per heavy atom. The van der Waals surface area contributed by atoms with Gasteiger partial charge in [0.1, 0.15) is 5.82 Å². The predicted molar refractivity (Wildman–Crippen MR) is 81.0 cm³/mol. The first-order chi connectivity index (χ1) is 9.85. The molecule has 1 unspecified atom stereocenters. The fourth-order valence-corrected chi connectivity index (χ4v) is 3.97. The van der Waals surface area contributed by atoms with E-state index in [1.807, 2.05) is 13.8 Å². The van der Waals surface area contributed by atoms with Crippen LogP contribution in [-0.2, 0) is 16.6 Å². The molecule has 0 saturated heterocycles. The molecule has 0 heterocycles. The third kappa shape index (κ3) is 4.02. The summed E-state index contributed by atoms with van der Waals surface area (Å²) >= 11 is 0. The molecular formula is C15H23FN2O2S. The summed E-state index contributed by atoms with van der Waals surface area (Å²) in [4.78, 5) is 0.0444. The lowest BCUT2D eigenvalue weighted by Crippen LogP contribution is -2.34. The zero-order valence-corrected chi connectivity index (χ0v) is 13.6. The van der Waals surface area contributed by atoms with Gasteiger partial charge in [0.15, 0.2) is 0 Å². The van der Waals surface area contributed by atoms with Crippen molar-refractivity contribution in [1.82, 2.24) is 10.0 Å². The highest BCUT2D eigenvalue weighted by Gasteiger charge is 2.32. The SMILES string of the molecule is CCNCc1cc(F)c(C)c(S(=O)(=O)NC(C)C2CC2)c1. The van der Waals surface area contributed by atoms with Crippen molar-refractivity contribution in [1.29, 1.82) is 0 Å². The lowest BCUT2D eigenvalue weighted by Gasteiger charge is -2.16. The van der Waals surface area contributed by atoms with E-state index in [2.05, 4.69) is 10.0 Å². The van der Waals surface area contributed by atoms with Crippen LogP contribution in [0.2, 0.25) is 0 Å². The Balaban J connectivity index is 2.29. The smallest absolute Gasteiger partial charge is 0.241 e. The van der Waals surface area contributed by atoms with E-state index in [4.69, 9.17) is 0 Å². The van der Waals surface area contributed by atoms with E-state index < -0.39 is 15.8 Å². The summed E-state index contributed by atoms with van der Waals surface area (Å²) in [5.74, 6) is -0.0697.